The second-order valence-corrected chi connectivity index (χ2v) is 9.74. The number of ether oxygens (including phenoxy) is 2. The van der Waals surface area contributed by atoms with Gasteiger partial charge in [-0.1, -0.05) is 88.1 Å². The predicted molar refractivity (Wildman–Crippen MR) is 148 cm³/mol. The van der Waals surface area contributed by atoms with Crippen LogP contribution in [0.25, 0.3) is 10.6 Å². The van der Waals surface area contributed by atoms with Gasteiger partial charge in [-0.2, -0.15) is 36.4 Å². The molecule has 4 aliphatic rings. The molecule has 0 aromatic heterocycles. The smallest absolute Gasteiger partial charge is 0.648 e. The fraction of sp³-hybridized carbons (Fsp3) is 0.312. The van der Waals surface area contributed by atoms with Crippen LogP contribution >= 0.6 is 0 Å². The minimum Gasteiger partial charge on any atom is -0.648 e. The van der Waals surface area contributed by atoms with Gasteiger partial charge in [-0.15, -0.1) is 0 Å². The van der Waals surface area contributed by atoms with Crippen molar-refractivity contribution in [2.45, 2.75) is 39.8 Å². The normalized spacial score (nSPS) is 24.5. The van der Waals surface area contributed by atoms with E-state index in [0.29, 0.717) is 25.0 Å². The van der Waals surface area contributed by atoms with Gasteiger partial charge in [0.25, 0.3) is 0 Å². The Labute approximate surface area is 249 Å². The van der Waals surface area contributed by atoms with Crippen LogP contribution in [0, 0.1) is 11.8 Å². The summed E-state index contributed by atoms with van der Waals surface area (Å²) in [5.74, 6) is 2.47. The third-order valence-electron chi connectivity index (χ3n) is 6.38. The van der Waals surface area contributed by atoms with Gasteiger partial charge in [-0.25, -0.2) is 24.3 Å². The van der Waals surface area contributed by atoms with Gasteiger partial charge in [0.2, 0.25) is 0 Å². The van der Waals surface area contributed by atoms with Gasteiger partial charge in [-0.3, -0.25) is 0 Å². The molecule has 0 bridgehead atoms. The Kier molecular flexibility index (Phi) is 13.1. The van der Waals surface area contributed by atoms with E-state index in [9.17, 15) is 0 Å². The average Bonchev–Trinajstić information content (AvgIpc) is 3.72. The summed E-state index contributed by atoms with van der Waals surface area (Å²) in [5.41, 5.74) is 4.37. The van der Waals surface area contributed by atoms with Crippen LogP contribution in [0.2, 0.25) is 0 Å². The number of hydrogen-bond acceptors (Lipinski definition) is 2. The summed E-state index contributed by atoms with van der Waals surface area (Å²) in [6.07, 6.45) is 12.5. The van der Waals surface area contributed by atoms with Gasteiger partial charge in [0, 0.05) is 22.9 Å². The largest absolute Gasteiger partial charge is 2.00 e. The third kappa shape index (κ3) is 8.19. The van der Waals surface area contributed by atoms with Crippen molar-refractivity contribution >= 4 is 0 Å². The first-order valence-electron chi connectivity index (χ1n) is 12.8. The number of nitrogens with zero attached hydrogens (tertiary/aromatic N) is 2. The molecule has 0 unspecified atom stereocenters. The Bertz CT molecular complexity index is 1020. The molecule has 4 nitrogen and oxygen atoms in total. The molecule has 202 valence electrons. The fourth-order valence-electron chi connectivity index (χ4n) is 4.08. The maximum atomic E-state index is 5.91. The Balaban J connectivity index is 0.000000354. The second-order valence-electron chi connectivity index (χ2n) is 9.74. The third-order valence-corrected chi connectivity index (χ3v) is 6.38. The molecule has 0 amide bonds. The SMILES string of the molecule is CC(C)[C@H]1CO/C(=C2/C=CC=C2C2=CC=C/C2=C2/[N-][C@@H](C(C)C)CO2)[N-]1.[Fe+2].[Fe+2].c1cc[cH-]c1.c1cc[cH-]c1. The molecule has 6 heteroatoms. The van der Waals surface area contributed by atoms with Crippen LogP contribution in [0.5, 0.6) is 0 Å². The van der Waals surface area contributed by atoms with Gasteiger partial charge in [0.15, 0.2) is 0 Å². The number of hydrogen-bond donors (Lipinski definition) is 0. The molecule has 2 aliphatic carbocycles. The van der Waals surface area contributed by atoms with E-state index in [-0.39, 0.29) is 46.2 Å². The summed E-state index contributed by atoms with van der Waals surface area (Å²) >= 11 is 0. The summed E-state index contributed by atoms with van der Waals surface area (Å²) in [4.78, 5) is 0. The number of rotatable bonds is 3. The second kappa shape index (κ2) is 15.7. The molecule has 2 saturated heterocycles. The van der Waals surface area contributed by atoms with Crippen molar-refractivity contribution < 1.29 is 43.6 Å². The first-order chi connectivity index (χ1) is 17.5. The van der Waals surface area contributed by atoms with E-state index in [1.165, 1.54) is 0 Å². The maximum absolute atomic E-state index is 5.91. The summed E-state index contributed by atoms with van der Waals surface area (Å²) in [6, 6.07) is 20.5. The Hall–Kier alpha value is -2.62. The van der Waals surface area contributed by atoms with Crippen molar-refractivity contribution in [3.05, 3.63) is 142 Å². The van der Waals surface area contributed by atoms with Crippen molar-refractivity contribution in [2.75, 3.05) is 13.2 Å². The van der Waals surface area contributed by atoms with Gasteiger partial charge >= 0.3 is 34.1 Å². The molecule has 2 heterocycles. The van der Waals surface area contributed by atoms with E-state index < -0.39 is 0 Å². The minimum atomic E-state index is 0. The summed E-state index contributed by atoms with van der Waals surface area (Å²) in [5, 5.41) is 9.59. The standard InChI is InChI=1S/C22H26N2O2.2C5H5.2Fe/c1-13(2)19-11-25-21(23-19)17-9-5-7-15(17)16-8-6-10-18(16)22-24-20(12-26-22)14(3)4;2*1-2-4-5-3-1;;/h5-10,13-14,19-20H,11-12H2,1-4H3;2*1-5H;;/q-2;2*-1;2*+2/b21-17-,22-18+;;;;/t19-,20-;;;;/m1..../s1. The van der Waals surface area contributed by atoms with Crippen molar-refractivity contribution in [3.63, 3.8) is 0 Å². The van der Waals surface area contributed by atoms with E-state index >= 15 is 0 Å². The van der Waals surface area contributed by atoms with Crippen LogP contribution in [0.4, 0.5) is 0 Å². The van der Waals surface area contributed by atoms with Crippen molar-refractivity contribution in [1.29, 1.82) is 0 Å². The Morgan fingerprint density at radius 1 is 0.658 bits per heavy atom. The van der Waals surface area contributed by atoms with Crippen molar-refractivity contribution in [2.24, 2.45) is 11.8 Å². The average molecular weight is 592 g/mol. The first-order valence-corrected chi connectivity index (χ1v) is 12.8. The van der Waals surface area contributed by atoms with E-state index in [4.69, 9.17) is 20.1 Å². The molecule has 2 aromatic rings. The zero-order chi connectivity index (χ0) is 25.3. The molecule has 0 radical (unpaired) electrons. The van der Waals surface area contributed by atoms with Crippen LogP contribution in [-0.2, 0) is 43.6 Å². The monoisotopic (exact) mass is 592 g/mol. The number of allylic oxidation sites excluding steroid dienone is 10. The van der Waals surface area contributed by atoms with Gasteiger partial charge in [0.1, 0.15) is 0 Å². The van der Waals surface area contributed by atoms with Crippen molar-refractivity contribution in [3.8, 4) is 0 Å². The van der Waals surface area contributed by atoms with Crippen LogP contribution in [0.1, 0.15) is 27.7 Å². The fourth-order valence-corrected chi connectivity index (χ4v) is 4.08. The van der Waals surface area contributed by atoms with Crippen LogP contribution in [0.3, 0.4) is 0 Å². The maximum Gasteiger partial charge on any atom is 2.00 e. The Morgan fingerprint density at radius 3 is 1.29 bits per heavy atom. The van der Waals surface area contributed by atoms with Crippen LogP contribution in [-0.4, -0.2) is 25.3 Å². The van der Waals surface area contributed by atoms with Crippen LogP contribution < -0.4 is 0 Å². The summed E-state index contributed by atoms with van der Waals surface area (Å²) < 4.78 is 11.8. The van der Waals surface area contributed by atoms with E-state index in [0.717, 1.165) is 34.1 Å². The first kappa shape index (κ1) is 31.6. The minimum absolute atomic E-state index is 0. The molecule has 0 saturated carbocycles. The zero-order valence-corrected chi connectivity index (χ0v) is 24.6. The quantitative estimate of drug-likeness (QED) is 0.268. The molecule has 2 aromatic carbocycles. The van der Waals surface area contributed by atoms with E-state index in [1.807, 2.05) is 60.7 Å². The van der Waals surface area contributed by atoms with Gasteiger partial charge in [0.05, 0.1) is 13.2 Å². The molecule has 2 fully saturated rings. The molecule has 6 rings (SSSR count). The molecule has 2 aliphatic heterocycles. The predicted octanol–water partition coefficient (Wildman–Crippen LogP) is 8.07. The molecule has 2 atom stereocenters. The van der Waals surface area contributed by atoms with E-state index in [2.05, 4.69) is 64.2 Å². The molecule has 0 spiro atoms. The van der Waals surface area contributed by atoms with Crippen LogP contribution in [0.15, 0.2) is 131 Å². The van der Waals surface area contributed by atoms with E-state index in [1.54, 1.807) is 0 Å². The molecule has 38 heavy (non-hydrogen) atoms. The molecular formula is C32H36Fe2N2O2. The molecular weight excluding hydrogens is 556 g/mol. The Morgan fingerprint density at radius 2 is 1.03 bits per heavy atom. The van der Waals surface area contributed by atoms with Gasteiger partial charge in [-0.05, 0) is 11.1 Å². The zero-order valence-electron chi connectivity index (χ0n) is 22.4. The molecule has 0 N–H and O–H groups in total. The van der Waals surface area contributed by atoms with Crippen molar-refractivity contribution in [1.82, 2.24) is 0 Å². The summed E-state index contributed by atoms with van der Waals surface area (Å²) in [6.45, 7) is 10.1. The summed E-state index contributed by atoms with van der Waals surface area (Å²) in [7, 11) is 0. The topological polar surface area (TPSA) is 46.7 Å². The van der Waals surface area contributed by atoms with Gasteiger partial charge < -0.3 is 20.1 Å².